The van der Waals surface area contributed by atoms with Crippen LogP contribution in [0.2, 0.25) is 0 Å². The molecule has 1 N–H and O–H groups in total. The summed E-state index contributed by atoms with van der Waals surface area (Å²) in [5.74, 6) is -0.0888. The number of hydrogen-bond acceptors (Lipinski definition) is 3. The van der Waals surface area contributed by atoms with Crippen LogP contribution in [-0.4, -0.2) is 43.9 Å². The molecule has 19 heavy (non-hydrogen) atoms. The van der Waals surface area contributed by atoms with Gasteiger partial charge in [0.15, 0.2) is 0 Å². The molecule has 0 radical (unpaired) electrons. The summed E-state index contributed by atoms with van der Waals surface area (Å²) in [5.41, 5.74) is 1.83. The summed E-state index contributed by atoms with van der Waals surface area (Å²) in [6.07, 6.45) is 1.05. The number of likely N-dealkylation sites (N-methyl/N-ethyl adjacent to an activating group) is 1. The van der Waals surface area contributed by atoms with Gasteiger partial charge < -0.3 is 15.1 Å². The van der Waals surface area contributed by atoms with E-state index in [1.807, 2.05) is 43.3 Å². The summed E-state index contributed by atoms with van der Waals surface area (Å²) in [4.78, 5) is 27.0. The van der Waals surface area contributed by atoms with E-state index in [9.17, 15) is 9.59 Å². The lowest BCUT2D eigenvalue weighted by Gasteiger charge is -2.19. The first-order valence-corrected chi connectivity index (χ1v) is 6.33. The monoisotopic (exact) mass is 261 g/mol. The molecule has 1 heterocycles. The van der Waals surface area contributed by atoms with E-state index < -0.39 is 0 Å². The molecule has 1 aromatic carbocycles. The van der Waals surface area contributed by atoms with Crippen molar-refractivity contribution in [2.75, 3.05) is 31.4 Å². The zero-order chi connectivity index (χ0) is 14.0. The quantitative estimate of drug-likeness (QED) is 0.892. The summed E-state index contributed by atoms with van der Waals surface area (Å²) in [7, 11) is 5.61. The van der Waals surface area contributed by atoms with Crippen molar-refractivity contribution < 1.29 is 9.59 Å². The van der Waals surface area contributed by atoms with Crippen molar-refractivity contribution in [3.05, 3.63) is 24.3 Å². The maximum absolute atomic E-state index is 12.1. The summed E-state index contributed by atoms with van der Waals surface area (Å²) in [5, 5.41) is 2.85. The van der Waals surface area contributed by atoms with E-state index in [-0.39, 0.29) is 17.9 Å². The minimum absolute atomic E-state index is 0.0307. The van der Waals surface area contributed by atoms with Gasteiger partial charge in [0.25, 0.3) is 0 Å². The Hall–Kier alpha value is -2.04. The number of carbonyl (C=O) groups excluding carboxylic acids is 2. The van der Waals surface area contributed by atoms with Crippen LogP contribution in [-0.2, 0) is 9.59 Å². The highest BCUT2D eigenvalue weighted by molar-refractivity contribution is 5.99. The second-order valence-electron chi connectivity index (χ2n) is 4.99. The zero-order valence-electron chi connectivity index (χ0n) is 11.5. The molecule has 1 saturated heterocycles. The molecule has 5 nitrogen and oxygen atoms in total. The summed E-state index contributed by atoms with van der Waals surface area (Å²) in [6, 6.07) is 7.27. The topological polar surface area (TPSA) is 52.7 Å². The first kappa shape index (κ1) is 13.4. The van der Waals surface area contributed by atoms with Gasteiger partial charge in [-0.3, -0.25) is 9.59 Å². The number of hydrogen-bond donors (Lipinski definition) is 1. The van der Waals surface area contributed by atoms with Gasteiger partial charge in [-0.15, -0.1) is 0 Å². The third-order valence-electron chi connectivity index (χ3n) is 3.45. The van der Waals surface area contributed by atoms with E-state index in [0.717, 1.165) is 11.4 Å². The van der Waals surface area contributed by atoms with Crippen molar-refractivity contribution in [2.45, 2.75) is 18.9 Å². The molecule has 2 amide bonds. The van der Waals surface area contributed by atoms with Crippen molar-refractivity contribution in [2.24, 2.45) is 0 Å². The van der Waals surface area contributed by atoms with Crippen molar-refractivity contribution in [1.29, 1.82) is 0 Å². The molecule has 5 heteroatoms. The first-order valence-electron chi connectivity index (χ1n) is 6.33. The molecule has 0 spiro atoms. The molecule has 1 fully saturated rings. The van der Waals surface area contributed by atoms with Crippen molar-refractivity contribution in [3.63, 3.8) is 0 Å². The smallest absolute Gasteiger partial charge is 0.247 e. The van der Waals surface area contributed by atoms with E-state index in [1.54, 1.807) is 7.05 Å². The van der Waals surface area contributed by atoms with Gasteiger partial charge in [-0.25, -0.2) is 0 Å². The van der Waals surface area contributed by atoms with E-state index in [1.165, 1.54) is 4.90 Å². The Balaban J connectivity index is 2.01. The Morgan fingerprint density at radius 1 is 1.32 bits per heavy atom. The van der Waals surface area contributed by atoms with Crippen molar-refractivity contribution in [3.8, 4) is 0 Å². The Kier molecular flexibility index (Phi) is 3.74. The second-order valence-corrected chi connectivity index (χ2v) is 4.99. The standard InChI is InChI=1S/C14H19N3O2/c1-16(2)11-6-4-10(5-7-11)15-14(19)12-8-9-13(18)17(12)3/h4-7,12H,8-9H2,1-3H3,(H,15,19). The Morgan fingerprint density at radius 3 is 2.42 bits per heavy atom. The van der Waals surface area contributed by atoms with Crippen LogP contribution in [0.25, 0.3) is 0 Å². The third kappa shape index (κ3) is 2.86. The summed E-state index contributed by atoms with van der Waals surface area (Å²) < 4.78 is 0. The predicted molar refractivity (Wildman–Crippen MR) is 75.2 cm³/mol. The van der Waals surface area contributed by atoms with Gasteiger partial charge in [0.1, 0.15) is 6.04 Å². The van der Waals surface area contributed by atoms with Crippen LogP contribution in [0.4, 0.5) is 11.4 Å². The molecule has 1 aliphatic heterocycles. The number of nitrogens with zero attached hydrogens (tertiary/aromatic N) is 2. The van der Waals surface area contributed by atoms with Crippen LogP contribution < -0.4 is 10.2 Å². The predicted octanol–water partition coefficient (Wildman–Crippen LogP) is 1.31. The largest absolute Gasteiger partial charge is 0.378 e. The fourth-order valence-corrected chi connectivity index (χ4v) is 2.18. The van der Waals surface area contributed by atoms with Crippen LogP contribution in [0.15, 0.2) is 24.3 Å². The molecular weight excluding hydrogens is 242 g/mol. The number of benzene rings is 1. The minimum Gasteiger partial charge on any atom is -0.378 e. The average molecular weight is 261 g/mol. The number of nitrogens with one attached hydrogen (secondary N) is 1. The second kappa shape index (κ2) is 5.30. The van der Waals surface area contributed by atoms with Gasteiger partial charge in [0, 0.05) is 38.9 Å². The highest BCUT2D eigenvalue weighted by atomic mass is 16.2. The molecule has 2 rings (SSSR count). The highest BCUT2D eigenvalue weighted by Gasteiger charge is 2.33. The van der Waals surface area contributed by atoms with E-state index in [2.05, 4.69) is 5.32 Å². The molecule has 0 bridgehead atoms. The number of likely N-dealkylation sites (tertiary alicyclic amines) is 1. The highest BCUT2D eigenvalue weighted by Crippen LogP contribution is 2.20. The molecule has 0 aliphatic carbocycles. The molecule has 1 atom stereocenters. The Bertz CT molecular complexity index is 482. The normalized spacial score (nSPS) is 18.6. The molecule has 1 unspecified atom stereocenters. The average Bonchev–Trinajstić information content (AvgIpc) is 2.70. The number of carbonyl (C=O) groups is 2. The Morgan fingerprint density at radius 2 is 1.95 bits per heavy atom. The van der Waals surface area contributed by atoms with Crippen LogP contribution in [0.1, 0.15) is 12.8 Å². The van der Waals surface area contributed by atoms with E-state index in [4.69, 9.17) is 0 Å². The van der Waals surface area contributed by atoms with Crippen LogP contribution in [0, 0.1) is 0 Å². The van der Waals surface area contributed by atoms with Crippen molar-refractivity contribution >= 4 is 23.2 Å². The SMILES string of the molecule is CN(C)c1ccc(NC(=O)C2CCC(=O)N2C)cc1. The van der Waals surface area contributed by atoms with Crippen LogP contribution in [0.5, 0.6) is 0 Å². The Labute approximate surface area is 113 Å². The molecule has 1 aliphatic rings. The maximum Gasteiger partial charge on any atom is 0.247 e. The van der Waals surface area contributed by atoms with Gasteiger partial charge in [-0.05, 0) is 30.7 Å². The minimum atomic E-state index is -0.346. The lowest BCUT2D eigenvalue weighted by molar-refractivity contribution is -0.131. The number of anilines is 2. The van der Waals surface area contributed by atoms with Crippen LogP contribution in [0.3, 0.4) is 0 Å². The molecule has 0 saturated carbocycles. The fraction of sp³-hybridized carbons (Fsp3) is 0.429. The first-order chi connectivity index (χ1) is 8.99. The van der Waals surface area contributed by atoms with Gasteiger partial charge in [0.05, 0.1) is 0 Å². The van der Waals surface area contributed by atoms with Gasteiger partial charge in [-0.2, -0.15) is 0 Å². The molecule has 0 aromatic heterocycles. The van der Waals surface area contributed by atoms with Crippen molar-refractivity contribution in [1.82, 2.24) is 4.90 Å². The lowest BCUT2D eigenvalue weighted by Crippen LogP contribution is -2.38. The lowest BCUT2D eigenvalue weighted by atomic mass is 10.2. The third-order valence-corrected chi connectivity index (χ3v) is 3.45. The van der Waals surface area contributed by atoms with Gasteiger partial charge in [0.2, 0.25) is 11.8 Å². The van der Waals surface area contributed by atoms with Gasteiger partial charge >= 0.3 is 0 Å². The number of amides is 2. The molecule has 102 valence electrons. The van der Waals surface area contributed by atoms with Crippen LogP contribution >= 0.6 is 0 Å². The van der Waals surface area contributed by atoms with E-state index in [0.29, 0.717) is 12.8 Å². The van der Waals surface area contributed by atoms with E-state index >= 15 is 0 Å². The fourth-order valence-electron chi connectivity index (χ4n) is 2.18. The zero-order valence-corrected chi connectivity index (χ0v) is 11.5. The molecular formula is C14H19N3O2. The summed E-state index contributed by atoms with van der Waals surface area (Å²) >= 11 is 0. The number of rotatable bonds is 3. The maximum atomic E-state index is 12.1. The summed E-state index contributed by atoms with van der Waals surface area (Å²) in [6.45, 7) is 0. The molecule has 1 aromatic rings. The van der Waals surface area contributed by atoms with Gasteiger partial charge in [-0.1, -0.05) is 0 Å².